The van der Waals surface area contributed by atoms with Gasteiger partial charge in [0.05, 0.1) is 6.61 Å². The van der Waals surface area contributed by atoms with Crippen molar-refractivity contribution >= 4 is 34.3 Å². The summed E-state index contributed by atoms with van der Waals surface area (Å²) in [6.45, 7) is 7.56. The van der Waals surface area contributed by atoms with Crippen molar-refractivity contribution in [3.63, 3.8) is 0 Å². The van der Waals surface area contributed by atoms with Crippen molar-refractivity contribution in [2.45, 2.75) is 45.1 Å². The van der Waals surface area contributed by atoms with E-state index in [1.165, 1.54) is 21.4 Å². The van der Waals surface area contributed by atoms with Crippen molar-refractivity contribution in [1.82, 2.24) is 9.88 Å². The molecule has 3 aliphatic rings. The topological polar surface area (TPSA) is 84.4 Å². The summed E-state index contributed by atoms with van der Waals surface area (Å²) >= 11 is 0. The highest BCUT2D eigenvalue weighted by Gasteiger charge is 2.37. The number of piperazine rings is 1. The fourth-order valence-electron chi connectivity index (χ4n) is 5.63. The number of anilines is 2. The number of pyridine rings is 1. The van der Waals surface area contributed by atoms with E-state index in [1.807, 2.05) is 19.1 Å². The van der Waals surface area contributed by atoms with Crippen LogP contribution in [0.2, 0.25) is 0 Å². The molecule has 9 heteroatoms. The molecule has 0 spiro atoms. The Balaban J connectivity index is 0.937. The van der Waals surface area contributed by atoms with E-state index in [9.17, 15) is 9.59 Å². The monoisotopic (exact) mass is 558 g/mol. The molecule has 216 valence electrons. The Labute approximate surface area is 241 Å². The van der Waals surface area contributed by atoms with Gasteiger partial charge in [-0.05, 0) is 61.2 Å². The first-order chi connectivity index (χ1) is 20.0. The molecular formula is C32H38N4O5. The van der Waals surface area contributed by atoms with Gasteiger partial charge < -0.3 is 19.1 Å². The standard InChI is InChI=1S/C32H38N4O5/c1-23-21-28(23)41-32(38)40-22-36-30(37)14-12-25-11-13-29(33-31(25)36)39-20-5-4-15-34-16-18-35(19-17-34)27-10-6-8-24-7-2-3-9-26(24)27/h2-3,6-11,13,23,28H,4-5,12,14-22H2,1H3. The number of unbranched alkanes of at least 4 members (excludes halogenated alkanes) is 1. The molecule has 1 amide bonds. The Morgan fingerprint density at radius 3 is 2.61 bits per heavy atom. The highest BCUT2D eigenvalue weighted by Crippen LogP contribution is 2.33. The number of aromatic nitrogens is 1. The van der Waals surface area contributed by atoms with Crippen LogP contribution in [0.25, 0.3) is 10.8 Å². The molecule has 2 aromatic carbocycles. The molecule has 9 nitrogen and oxygen atoms in total. The average Bonchev–Trinajstić information content (AvgIpc) is 3.70. The van der Waals surface area contributed by atoms with Crippen LogP contribution in [0.4, 0.5) is 16.3 Å². The molecule has 1 aromatic heterocycles. The molecule has 1 saturated heterocycles. The van der Waals surface area contributed by atoms with Crippen LogP contribution in [-0.4, -0.2) is 74.1 Å². The van der Waals surface area contributed by atoms with Crippen LogP contribution in [0.3, 0.4) is 0 Å². The van der Waals surface area contributed by atoms with E-state index in [0.29, 0.717) is 37.1 Å². The molecule has 3 aromatic rings. The number of fused-ring (bicyclic) bond motifs is 2. The second-order valence-corrected chi connectivity index (χ2v) is 11.2. The molecule has 0 bridgehead atoms. The predicted molar refractivity (Wildman–Crippen MR) is 157 cm³/mol. The normalized spacial score (nSPS) is 20.6. The minimum Gasteiger partial charge on any atom is -0.478 e. The number of ether oxygens (including phenoxy) is 3. The quantitative estimate of drug-likeness (QED) is 0.254. The lowest BCUT2D eigenvalue weighted by Gasteiger charge is -2.36. The first-order valence-corrected chi connectivity index (χ1v) is 14.8. The van der Waals surface area contributed by atoms with Crippen LogP contribution >= 0.6 is 0 Å². The van der Waals surface area contributed by atoms with Crippen LogP contribution in [0.1, 0.15) is 38.2 Å². The number of benzene rings is 2. The third kappa shape index (κ3) is 6.56. The van der Waals surface area contributed by atoms with E-state index in [1.54, 1.807) is 0 Å². The smallest absolute Gasteiger partial charge is 0.478 e. The van der Waals surface area contributed by atoms with Crippen molar-refractivity contribution in [2.75, 3.05) is 55.9 Å². The zero-order valence-corrected chi connectivity index (χ0v) is 23.7. The van der Waals surface area contributed by atoms with Crippen LogP contribution in [0.15, 0.2) is 54.6 Å². The van der Waals surface area contributed by atoms with Crippen molar-refractivity contribution in [2.24, 2.45) is 5.92 Å². The van der Waals surface area contributed by atoms with E-state index in [2.05, 4.69) is 57.2 Å². The lowest BCUT2D eigenvalue weighted by Crippen LogP contribution is -2.46. The molecule has 41 heavy (non-hydrogen) atoms. The molecule has 0 radical (unpaired) electrons. The summed E-state index contributed by atoms with van der Waals surface area (Å²) in [5.74, 6) is 1.21. The predicted octanol–water partition coefficient (Wildman–Crippen LogP) is 5.01. The van der Waals surface area contributed by atoms with E-state index in [0.717, 1.165) is 57.5 Å². The maximum atomic E-state index is 12.6. The number of hydrogen-bond acceptors (Lipinski definition) is 8. The van der Waals surface area contributed by atoms with Gasteiger partial charge in [-0.3, -0.25) is 14.6 Å². The molecule has 6 rings (SSSR count). The highest BCUT2D eigenvalue weighted by molar-refractivity contribution is 5.95. The summed E-state index contributed by atoms with van der Waals surface area (Å²) < 4.78 is 16.4. The summed E-state index contributed by atoms with van der Waals surface area (Å²) in [6, 6.07) is 18.9. The fraction of sp³-hybridized carbons (Fsp3) is 0.469. The number of nitrogens with zero attached hydrogens (tertiary/aromatic N) is 4. The minimum atomic E-state index is -0.748. The van der Waals surface area contributed by atoms with Crippen molar-refractivity contribution in [1.29, 1.82) is 0 Å². The summed E-state index contributed by atoms with van der Waals surface area (Å²) in [5.41, 5.74) is 2.26. The molecule has 1 aliphatic carbocycles. The van der Waals surface area contributed by atoms with Gasteiger partial charge in [0.25, 0.3) is 0 Å². The molecule has 2 unspecified atom stereocenters. The van der Waals surface area contributed by atoms with Gasteiger partial charge in [-0.2, -0.15) is 4.98 Å². The fourth-order valence-corrected chi connectivity index (χ4v) is 5.63. The van der Waals surface area contributed by atoms with Crippen LogP contribution in [0.5, 0.6) is 5.88 Å². The van der Waals surface area contributed by atoms with Crippen molar-refractivity contribution in [3.05, 3.63) is 60.2 Å². The van der Waals surface area contributed by atoms with Crippen molar-refractivity contribution < 1.29 is 23.8 Å². The van der Waals surface area contributed by atoms with Gasteiger partial charge in [-0.15, -0.1) is 0 Å². The molecule has 3 heterocycles. The summed E-state index contributed by atoms with van der Waals surface area (Å²) in [6.07, 6.45) is 2.94. The average molecular weight is 559 g/mol. The maximum Gasteiger partial charge on any atom is 0.510 e. The Morgan fingerprint density at radius 1 is 0.976 bits per heavy atom. The lowest BCUT2D eigenvalue weighted by molar-refractivity contribution is -0.119. The van der Waals surface area contributed by atoms with Crippen molar-refractivity contribution in [3.8, 4) is 5.88 Å². The maximum absolute atomic E-state index is 12.6. The van der Waals surface area contributed by atoms with Gasteiger partial charge in [-0.25, -0.2) is 4.79 Å². The molecule has 1 saturated carbocycles. The number of hydrogen-bond donors (Lipinski definition) is 0. The van der Waals surface area contributed by atoms with E-state index in [4.69, 9.17) is 14.2 Å². The Hall–Kier alpha value is -3.85. The second kappa shape index (κ2) is 12.3. The van der Waals surface area contributed by atoms with Gasteiger partial charge in [0, 0.05) is 49.7 Å². The van der Waals surface area contributed by atoms with E-state index in [-0.39, 0.29) is 18.7 Å². The summed E-state index contributed by atoms with van der Waals surface area (Å²) in [5, 5.41) is 2.61. The van der Waals surface area contributed by atoms with E-state index < -0.39 is 6.16 Å². The SMILES string of the molecule is CC1CC1OC(=O)OCN1C(=O)CCc2ccc(OCCCCN3CCN(c4cccc5ccccc45)CC3)nc21. The molecule has 2 fully saturated rings. The zero-order valence-electron chi connectivity index (χ0n) is 23.7. The first-order valence-electron chi connectivity index (χ1n) is 14.8. The Bertz CT molecular complexity index is 1380. The number of carbonyl (C=O) groups is 2. The zero-order chi connectivity index (χ0) is 28.2. The largest absolute Gasteiger partial charge is 0.510 e. The molecule has 2 aliphatic heterocycles. The van der Waals surface area contributed by atoms with E-state index >= 15 is 0 Å². The van der Waals surface area contributed by atoms with Gasteiger partial charge in [0.15, 0.2) is 6.73 Å². The Morgan fingerprint density at radius 2 is 1.78 bits per heavy atom. The second-order valence-electron chi connectivity index (χ2n) is 11.2. The first kappa shape index (κ1) is 27.3. The third-order valence-electron chi connectivity index (χ3n) is 8.29. The number of aryl methyl sites for hydroxylation is 1. The number of carbonyl (C=O) groups excluding carboxylic acids is 2. The Kier molecular flexibility index (Phi) is 8.23. The van der Waals surface area contributed by atoms with Gasteiger partial charge in [0.1, 0.15) is 11.9 Å². The van der Waals surface area contributed by atoms with Gasteiger partial charge in [-0.1, -0.05) is 43.3 Å². The highest BCUT2D eigenvalue weighted by atomic mass is 16.7. The minimum absolute atomic E-state index is 0.0791. The number of amides is 1. The molecule has 0 N–H and O–H groups in total. The van der Waals surface area contributed by atoms with Crippen LogP contribution in [-0.2, 0) is 20.7 Å². The van der Waals surface area contributed by atoms with Crippen LogP contribution < -0.4 is 14.5 Å². The van der Waals surface area contributed by atoms with Crippen LogP contribution in [0, 0.1) is 5.92 Å². The van der Waals surface area contributed by atoms with Gasteiger partial charge >= 0.3 is 6.16 Å². The molecule has 2 atom stereocenters. The summed E-state index contributed by atoms with van der Waals surface area (Å²) in [7, 11) is 0. The summed E-state index contributed by atoms with van der Waals surface area (Å²) in [4.78, 5) is 35.6. The van der Waals surface area contributed by atoms with Gasteiger partial charge in [0.2, 0.25) is 11.8 Å². The molecular weight excluding hydrogens is 520 g/mol. The number of rotatable bonds is 10. The third-order valence-corrected chi connectivity index (χ3v) is 8.29. The lowest BCUT2D eigenvalue weighted by atomic mass is 10.1.